The molecule has 19 heavy (non-hydrogen) atoms. The third kappa shape index (κ3) is 2.67. The van der Waals surface area contributed by atoms with Gasteiger partial charge in [0.05, 0.1) is 7.11 Å². The fraction of sp³-hybridized carbons (Fsp3) is 0.231. The number of nitrogens with two attached hydrogens (primary N) is 1. The van der Waals surface area contributed by atoms with Gasteiger partial charge in [-0.3, -0.25) is 4.68 Å². The first-order valence-corrected chi connectivity index (χ1v) is 5.84. The maximum Gasteiger partial charge on any atom is 0.362 e. The molecular formula is C13H15N3O3. The summed E-state index contributed by atoms with van der Waals surface area (Å²) in [5, 5.41) is 4.00. The van der Waals surface area contributed by atoms with Crippen molar-refractivity contribution in [3.63, 3.8) is 0 Å². The number of aromatic nitrogens is 2. The van der Waals surface area contributed by atoms with Crippen molar-refractivity contribution >= 4 is 11.8 Å². The van der Waals surface area contributed by atoms with Gasteiger partial charge in [-0.1, -0.05) is 12.1 Å². The molecule has 0 bridgehead atoms. The van der Waals surface area contributed by atoms with E-state index in [0.29, 0.717) is 23.7 Å². The van der Waals surface area contributed by atoms with Crippen LogP contribution in [-0.4, -0.2) is 22.9 Å². The summed E-state index contributed by atoms with van der Waals surface area (Å²) in [5.41, 5.74) is 5.89. The van der Waals surface area contributed by atoms with Crippen LogP contribution in [0.4, 0.5) is 5.82 Å². The number of nitrogen functional groups attached to an aromatic ring is 1. The molecule has 6 heteroatoms. The van der Waals surface area contributed by atoms with E-state index in [1.165, 1.54) is 17.9 Å². The van der Waals surface area contributed by atoms with Gasteiger partial charge in [0, 0.05) is 12.6 Å². The van der Waals surface area contributed by atoms with Crippen molar-refractivity contribution in [2.45, 2.75) is 13.5 Å². The molecule has 0 fully saturated rings. The molecule has 0 saturated heterocycles. The van der Waals surface area contributed by atoms with Crippen LogP contribution in [0.3, 0.4) is 0 Å². The number of anilines is 1. The summed E-state index contributed by atoms with van der Waals surface area (Å²) in [7, 11) is 1.51. The smallest absolute Gasteiger partial charge is 0.362 e. The Bertz CT molecular complexity index is 593. The molecule has 2 aromatic rings. The molecule has 0 spiro atoms. The third-order valence-electron chi connectivity index (χ3n) is 2.58. The summed E-state index contributed by atoms with van der Waals surface area (Å²) in [6.07, 6.45) is 0. The number of rotatable bonds is 4. The highest BCUT2D eigenvalue weighted by Gasteiger charge is 2.17. The first-order chi connectivity index (χ1) is 9.15. The fourth-order valence-electron chi connectivity index (χ4n) is 1.70. The van der Waals surface area contributed by atoms with E-state index in [0.717, 1.165) is 0 Å². The molecule has 100 valence electrons. The molecule has 2 N–H and O–H groups in total. The van der Waals surface area contributed by atoms with Crippen molar-refractivity contribution in [3.05, 3.63) is 36.0 Å². The Morgan fingerprint density at radius 3 is 2.68 bits per heavy atom. The van der Waals surface area contributed by atoms with Crippen molar-refractivity contribution in [3.8, 4) is 11.5 Å². The van der Waals surface area contributed by atoms with E-state index in [1.54, 1.807) is 24.3 Å². The number of methoxy groups -OCH3 is 1. The van der Waals surface area contributed by atoms with Crippen molar-refractivity contribution in [1.29, 1.82) is 0 Å². The highest BCUT2D eigenvalue weighted by Crippen LogP contribution is 2.26. The monoisotopic (exact) mass is 261 g/mol. The van der Waals surface area contributed by atoms with Crippen LogP contribution in [0.25, 0.3) is 0 Å². The Labute approximate surface area is 110 Å². The number of para-hydroxylation sites is 2. The van der Waals surface area contributed by atoms with Gasteiger partial charge in [-0.2, -0.15) is 5.10 Å². The maximum atomic E-state index is 12.1. The number of hydrogen-bond acceptors (Lipinski definition) is 5. The van der Waals surface area contributed by atoms with Crippen LogP contribution in [0.1, 0.15) is 17.4 Å². The molecule has 2 rings (SSSR count). The van der Waals surface area contributed by atoms with E-state index in [4.69, 9.17) is 15.2 Å². The number of nitrogens with zero attached hydrogens (tertiary/aromatic N) is 2. The van der Waals surface area contributed by atoms with Crippen molar-refractivity contribution in [1.82, 2.24) is 9.78 Å². The molecule has 6 nitrogen and oxygen atoms in total. The van der Waals surface area contributed by atoms with Gasteiger partial charge < -0.3 is 15.2 Å². The zero-order valence-corrected chi connectivity index (χ0v) is 10.8. The second kappa shape index (κ2) is 5.43. The number of hydrogen-bond donors (Lipinski definition) is 1. The standard InChI is InChI=1S/C13H15N3O3/c1-3-16-9(8-12(14)15-16)13(17)19-11-7-5-4-6-10(11)18-2/h4-8H,3H2,1-2H3,(H2,14,15). The quantitative estimate of drug-likeness (QED) is 0.669. The van der Waals surface area contributed by atoms with Gasteiger partial charge in [0.25, 0.3) is 0 Å². The van der Waals surface area contributed by atoms with E-state index >= 15 is 0 Å². The molecule has 0 aliphatic heterocycles. The first-order valence-electron chi connectivity index (χ1n) is 5.84. The molecule has 0 unspecified atom stereocenters. The lowest BCUT2D eigenvalue weighted by atomic mass is 10.3. The predicted molar refractivity (Wildman–Crippen MR) is 70.3 cm³/mol. The van der Waals surface area contributed by atoms with Gasteiger partial charge >= 0.3 is 5.97 Å². The Kier molecular flexibility index (Phi) is 3.70. The summed E-state index contributed by atoms with van der Waals surface area (Å²) in [4.78, 5) is 12.1. The largest absolute Gasteiger partial charge is 0.493 e. The number of carbonyl (C=O) groups is 1. The van der Waals surface area contributed by atoms with Gasteiger partial charge in [-0.25, -0.2) is 4.79 Å². The molecule has 0 aliphatic rings. The molecule has 0 atom stereocenters. The second-order valence-corrected chi connectivity index (χ2v) is 3.81. The number of benzene rings is 1. The minimum absolute atomic E-state index is 0.286. The Balaban J connectivity index is 2.25. The number of aryl methyl sites for hydroxylation is 1. The average Bonchev–Trinajstić information content (AvgIpc) is 2.80. The van der Waals surface area contributed by atoms with Crippen LogP contribution >= 0.6 is 0 Å². The van der Waals surface area contributed by atoms with E-state index in [1.807, 2.05) is 6.92 Å². The van der Waals surface area contributed by atoms with Gasteiger partial charge in [-0.05, 0) is 19.1 Å². The van der Waals surface area contributed by atoms with Gasteiger partial charge in [0.15, 0.2) is 11.5 Å². The number of carbonyl (C=O) groups excluding carboxylic acids is 1. The molecular weight excluding hydrogens is 246 g/mol. The van der Waals surface area contributed by atoms with Crippen molar-refractivity contribution in [2.75, 3.05) is 12.8 Å². The molecule has 0 aliphatic carbocycles. The highest BCUT2D eigenvalue weighted by atomic mass is 16.6. The Morgan fingerprint density at radius 1 is 1.37 bits per heavy atom. The van der Waals surface area contributed by atoms with E-state index in [2.05, 4.69) is 5.10 Å². The fourth-order valence-corrected chi connectivity index (χ4v) is 1.70. The summed E-state index contributed by atoms with van der Waals surface area (Å²) >= 11 is 0. The first kappa shape index (κ1) is 12.9. The maximum absolute atomic E-state index is 12.1. The molecule has 0 radical (unpaired) electrons. The zero-order chi connectivity index (χ0) is 13.8. The van der Waals surface area contributed by atoms with Crippen LogP contribution in [-0.2, 0) is 6.54 Å². The van der Waals surface area contributed by atoms with E-state index in [-0.39, 0.29) is 5.82 Å². The molecule has 0 amide bonds. The van der Waals surface area contributed by atoms with Crippen LogP contribution in [0.5, 0.6) is 11.5 Å². The second-order valence-electron chi connectivity index (χ2n) is 3.81. The average molecular weight is 261 g/mol. The van der Waals surface area contributed by atoms with Crippen molar-refractivity contribution < 1.29 is 14.3 Å². The molecule has 0 saturated carbocycles. The normalized spacial score (nSPS) is 10.2. The Hall–Kier alpha value is -2.50. The summed E-state index contributed by atoms with van der Waals surface area (Å²) in [6, 6.07) is 8.42. The van der Waals surface area contributed by atoms with Crippen LogP contribution in [0, 0.1) is 0 Å². The van der Waals surface area contributed by atoms with Crippen LogP contribution in [0.15, 0.2) is 30.3 Å². The molecule has 1 aromatic carbocycles. The zero-order valence-electron chi connectivity index (χ0n) is 10.8. The SMILES string of the molecule is CCn1nc(N)cc1C(=O)Oc1ccccc1OC. The van der Waals surface area contributed by atoms with Crippen molar-refractivity contribution in [2.24, 2.45) is 0 Å². The Morgan fingerprint density at radius 2 is 2.05 bits per heavy atom. The number of ether oxygens (including phenoxy) is 2. The van der Waals surface area contributed by atoms with Gasteiger partial charge in [0.2, 0.25) is 0 Å². The molecule has 1 aromatic heterocycles. The summed E-state index contributed by atoms with van der Waals surface area (Å²) in [6.45, 7) is 2.40. The lowest BCUT2D eigenvalue weighted by Crippen LogP contribution is -2.15. The lowest BCUT2D eigenvalue weighted by Gasteiger charge is -2.09. The summed E-state index contributed by atoms with van der Waals surface area (Å²) in [5.74, 6) is 0.619. The minimum Gasteiger partial charge on any atom is -0.493 e. The van der Waals surface area contributed by atoms with E-state index in [9.17, 15) is 4.79 Å². The summed E-state index contributed by atoms with van der Waals surface area (Å²) < 4.78 is 11.9. The van der Waals surface area contributed by atoms with E-state index < -0.39 is 5.97 Å². The van der Waals surface area contributed by atoms with Crippen LogP contribution in [0.2, 0.25) is 0 Å². The van der Waals surface area contributed by atoms with Crippen LogP contribution < -0.4 is 15.2 Å². The lowest BCUT2D eigenvalue weighted by molar-refractivity contribution is 0.0717. The van der Waals surface area contributed by atoms with Gasteiger partial charge in [-0.15, -0.1) is 0 Å². The highest BCUT2D eigenvalue weighted by molar-refractivity contribution is 5.90. The number of esters is 1. The third-order valence-corrected chi connectivity index (χ3v) is 2.58. The minimum atomic E-state index is -0.518. The predicted octanol–water partition coefficient (Wildman–Crippen LogP) is 1.71. The topological polar surface area (TPSA) is 79.4 Å². The molecule has 1 heterocycles. The van der Waals surface area contributed by atoms with Gasteiger partial charge in [0.1, 0.15) is 11.5 Å².